The molecular formula is C20H20N4O2. The van der Waals surface area contributed by atoms with Gasteiger partial charge < -0.3 is 4.74 Å². The SMILES string of the molecule is COc1ccc(C(=O)N2c3ncnn3[C@H](c3ccccc3)C[C@H]2C)cc1. The van der Waals surface area contributed by atoms with Crippen LogP contribution in [0.2, 0.25) is 0 Å². The van der Waals surface area contributed by atoms with Gasteiger partial charge in [-0.05, 0) is 43.2 Å². The van der Waals surface area contributed by atoms with E-state index in [4.69, 9.17) is 4.74 Å². The first-order valence-corrected chi connectivity index (χ1v) is 8.61. The molecular weight excluding hydrogens is 328 g/mol. The molecule has 6 heteroatoms. The average molecular weight is 348 g/mol. The number of anilines is 1. The summed E-state index contributed by atoms with van der Waals surface area (Å²) in [7, 11) is 1.61. The molecule has 0 fully saturated rings. The van der Waals surface area contributed by atoms with E-state index in [2.05, 4.69) is 29.1 Å². The van der Waals surface area contributed by atoms with Crippen LogP contribution in [0.1, 0.15) is 35.3 Å². The van der Waals surface area contributed by atoms with Crippen LogP contribution in [0.15, 0.2) is 60.9 Å². The number of methoxy groups -OCH3 is 1. The van der Waals surface area contributed by atoms with E-state index in [9.17, 15) is 4.79 Å². The van der Waals surface area contributed by atoms with Crippen LogP contribution in [-0.2, 0) is 0 Å². The lowest BCUT2D eigenvalue weighted by Crippen LogP contribution is -2.46. The fraction of sp³-hybridized carbons (Fsp3) is 0.250. The van der Waals surface area contributed by atoms with Crippen molar-refractivity contribution < 1.29 is 9.53 Å². The van der Waals surface area contributed by atoms with Gasteiger partial charge in [0.25, 0.3) is 5.91 Å². The Hall–Kier alpha value is -3.15. The largest absolute Gasteiger partial charge is 0.497 e. The molecule has 0 spiro atoms. The lowest BCUT2D eigenvalue weighted by atomic mass is 9.97. The van der Waals surface area contributed by atoms with Crippen molar-refractivity contribution in [2.75, 3.05) is 12.0 Å². The number of ether oxygens (including phenoxy) is 1. The summed E-state index contributed by atoms with van der Waals surface area (Å²) in [5.41, 5.74) is 1.77. The first-order valence-electron chi connectivity index (χ1n) is 8.61. The molecule has 1 aromatic heterocycles. The van der Waals surface area contributed by atoms with Gasteiger partial charge in [0.15, 0.2) is 0 Å². The Labute approximate surface area is 152 Å². The fourth-order valence-corrected chi connectivity index (χ4v) is 3.48. The molecule has 0 saturated heterocycles. The van der Waals surface area contributed by atoms with E-state index < -0.39 is 0 Å². The maximum atomic E-state index is 13.1. The third kappa shape index (κ3) is 2.73. The van der Waals surface area contributed by atoms with E-state index in [-0.39, 0.29) is 18.0 Å². The number of carbonyl (C=O) groups excluding carboxylic acids is 1. The smallest absolute Gasteiger partial charge is 0.260 e. The molecule has 0 radical (unpaired) electrons. The number of aromatic nitrogens is 3. The molecule has 2 aromatic carbocycles. The highest BCUT2D eigenvalue weighted by Gasteiger charge is 2.36. The van der Waals surface area contributed by atoms with Crippen LogP contribution in [0.25, 0.3) is 0 Å². The quantitative estimate of drug-likeness (QED) is 0.728. The summed E-state index contributed by atoms with van der Waals surface area (Å²) in [5, 5.41) is 4.39. The van der Waals surface area contributed by atoms with E-state index in [1.165, 1.54) is 11.9 Å². The van der Waals surface area contributed by atoms with Gasteiger partial charge in [0, 0.05) is 11.6 Å². The molecule has 132 valence electrons. The second kappa shape index (κ2) is 6.63. The Morgan fingerprint density at radius 3 is 2.54 bits per heavy atom. The van der Waals surface area contributed by atoms with Gasteiger partial charge >= 0.3 is 0 Å². The number of hydrogen-bond donors (Lipinski definition) is 0. The zero-order valence-corrected chi connectivity index (χ0v) is 14.7. The summed E-state index contributed by atoms with van der Waals surface area (Å²) >= 11 is 0. The van der Waals surface area contributed by atoms with Crippen LogP contribution in [0.3, 0.4) is 0 Å². The second-order valence-corrected chi connectivity index (χ2v) is 6.42. The molecule has 2 atom stereocenters. The standard InChI is InChI=1S/C20H20N4O2/c1-14-12-18(15-6-4-3-5-7-15)24-20(21-13-22-24)23(14)19(25)16-8-10-17(26-2)11-9-16/h3-11,13-14,18H,12H2,1-2H3/t14-,18+/m1/s1. The summed E-state index contributed by atoms with van der Waals surface area (Å²) in [6.07, 6.45) is 2.29. The highest BCUT2D eigenvalue weighted by Crippen LogP contribution is 2.35. The van der Waals surface area contributed by atoms with Gasteiger partial charge in [-0.25, -0.2) is 4.68 Å². The number of nitrogens with zero attached hydrogens (tertiary/aromatic N) is 4. The topological polar surface area (TPSA) is 60.2 Å². The minimum Gasteiger partial charge on any atom is -0.497 e. The van der Waals surface area contributed by atoms with E-state index in [1.54, 1.807) is 36.3 Å². The Morgan fingerprint density at radius 1 is 1.12 bits per heavy atom. The van der Waals surface area contributed by atoms with Crippen molar-refractivity contribution in [1.29, 1.82) is 0 Å². The Morgan fingerprint density at radius 2 is 1.85 bits per heavy atom. The third-order valence-corrected chi connectivity index (χ3v) is 4.81. The van der Waals surface area contributed by atoms with Gasteiger partial charge in [0.05, 0.1) is 13.2 Å². The third-order valence-electron chi connectivity index (χ3n) is 4.81. The fourth-order valence-electron chi connectivity index (χ4n) is 3.48. The van der Waals surface area contributed by atoms with E-state index in [0.29, 0.717) is 11.5 Å². The van der Waals surface area contributed by atoms with Crippen molar-refractivity contribution in [3.05, 3.63) is 72.1 Å². The van der Waals surface area contributed by atoms with Gasteiger partial charge in [-0.3, -0.25) is 9.69 Å². The molecule has 26 heavy (non-hydrogen) atoms. The van der Waals surface area contributed by atoms with Crippen LogP contribution in [0.4, 0.5) is 5.95 Å². The zero-order chi connectivity index (χ0) is 18.1. The van der Waals surface area contributed by atoms with Crippen molar-refractivity contribution in [3.63, 3.8) is 0 Å². The molecule has 0 aliphatic carbocycles. The number of benzene rings is 2. The lowest BCUT2D eigenvalue weighted by Gasteiger charge is -2.37. The van der Waals surface area contributed by atoms with Gasteiger partial charge in [-0.1, -0.05) is 30.3 Å². The summed E-state index contributed by atoms with van der Waals surface area (Å²) in [5.74, 6) is 1.22. The molecule has 0 unspecified atom stereocenters. The predicted molar refractivity (Wildman–Crippen MR) is 98.5 cm³/mol. The summed E-state index contributed by atoms with van der Waals surface area (Å²) < 4.78 is 7.02. The first kappa shape index (κ1) is 16.3. The molecule has 0 N–H and O–H groups in total. The van der Waals surface area contributed by atoms with Crippen molar-refractivity contribution in [3.8, 4) is 5.75 Å². The molecule has 3 aromatic rings. The number of rotatable bonds is 3. The maximum absolute atomic E-state index is 13.1. The Balaban J connectivity index is 1.70. The van der Waals surface area contributed by atoms with Gasteiger partial charge in [-0.2, -0.15) is 10.1 Å². The Kier molecular flexibility index (Phi) is 4.16. The van der Waals surface area contributed by atoms with Crippen LogP contribution < -0.4 is 9.64 Å². The van der Waals surface area contributed by atoms with E-state index >= 15 is 0 Å². The number of fused-ring (bicyclic) bond motifs is 1. The second-order valence-electron chi connectivity index (χ2n) is 6.42. The van der Waals surface area contributed by atoms with Crippen molar-refractivity contribution in [2.45, 2.75) is 25.4 Å². The molecule has 1 aliphatic heterocycles. The summed E-state index contributed by atoms with van der Waals surface area (Å²) in [6, 6.07) is 17.4. The van der Waals surface area contributed by atoms with Crippen LogP contribution >= 0.6 is 0 Å². The molecule has 0 bridgehead atoms. The van der Waals surface area contributed by atoms with Crippen molar-refractivity contribution in [1.82, 2.24) is 14.8 Å². The van der Waals surface area contributed by atoms with E-state index in [0.717, 1.165) is 12.2 Å². The highest BCUT2D eigenvalue weighted by molar-refractivity contribution is 6.05. The zero-order valence-electron chi connectivity index (χ0n) is 14.7. The normalized spacial score (nSPS) is 19.1. The monoisotopic (exact) mass is 348 g/mol. The minimum atomic E-state index is -0.0825. The van der Waals surface area contributed by atoms with Gasteiger partial charge in [0.2, 0.25) is 5.95 Å². The van der Waals surface area contributed by atoms with E-state index in [1.807, 2.05) is 22.9 Å². The molecule has 0 saturated carbocycles. The van der Waals surface area contributed by atoms with Crippen molar-refractivity contribution in [2.24, 2.45) is 0 Å². The van der Waals surface area contributed by atoms with Crippen LogP contribution in [0, 0.1) is 0 Å². The minimum absolute atomic E-state index is 0.00603. The average Bonchev–Trinajstić information content (AvgIpc) is 3.17. The number of hydrogen-bond acceptors (Lipinski definition) is 4. The van der Waals surface area contributed by atoms with Crippen LogP contribution in [0.5, 0.6) is 5.75 Å². The maximum Gasteiger partial charge on any atom is 0.260 e. The highest BCUT2D eigenvalue weighted by atomic mass is 16.5. The lowest BCUT2D eigenvalue weighted by molar-refractivity contribution is 0.0966. The number of carbonyl (C=O) groups is 1. The summed E-state index contributed by atoms with van der Waals surface area (Å²) in [4.78, 5) is 19.2. The Bertz CT molecular complexity index is 905. The van der Waals surface area contributed by atoms with Crippen molar-refractivity contribution >= 4 is 11.9 Å². The molecule has 1 amide bonds. The van der Waals surface area contributed by atoms with Gasteiger partial charge in [0.1, 0.15) is 12.1 Å². The van der Waals surface area contributed by atoms with Crippen LogP contribution in [-0.4, -0.2) is 33.8 Å². The molecule has 1 aliphatic rings. The molecule has 4 rings (SSSR count). The van der Waals surface area contributed by atoms with Gasteiger partial charge in [-0.15, -0.1) is 0 Å². The summed E-state index contributed by atoms with van der Waals surface area (Å²) in [6.45, 7) is 2.05. The first-order chi connectivity index (χ1) is 12.7. The molecule has 6 nitrogen and oxygen atoms in total. The number of amides is 1. The predicted octanol–water partition coefficient (Wildman–Crippen LogP) is 3.32. The molecule has 2 heterocycles.